The van der Waals surface area contributed by atoms with E-state index < -0.39 is 32.5 Å². The number of nitrogens with one attached hydrogen (secondary N) is 2. The fourth-order valence-corrected chi connectivity index (χ4v) is 3.31. The Kier molecular flexibility index (Phi) is 5.33. The number of halogens is 2. The lowest BCUT2D eigenvalue weighted by molar-refractivity contribution is 0.0996. The van der Waals surface area contributed by atoms with E-state index in [1.165, 1.54) is 12.3 Å². The van der Waals surface area contributed by atoms with Gasteiger partial charge in [-0.3, -0.25) is 4.79 Å². The van der Waals surface area contributed by atoms with Gasteiger partial charge in [0.2, 0.25) is 10.0 Å². The van der Waals surface area contributed by atoms with Crippen molar-refractivity contribution in [2.45, 2.75) is 11.4 Å². The zero-order chi connectivity index (χ0) is 19.4. The summed E-state index contributed by atoms with van der Waals surface area (Å²) in [4.78, 5) is 11.4. The molecule has 6 nitrogen and oxygen atoms in total. The first-order chi connectivity index (χ1) is 12.8. The molecular weight excluding hydrogens is 378 g/mol. The van der Waals surface area contributed by atoms with Crippen molar-refractivity contribution in [3.63, 3.8) is 0 Å². The summed E-state index contributed by atoms with van der Waals surface area (Å²) < 4.78 is 57.9. The van der Waals surface area contributed by atoms with E-state index in [0.717, 1.165) is 12.1 Å². The number of furan rings is 1. The third-order valence-corrected chi connectivity index (χ3v) is 4.95. The van der Waals surface area contributed by atoms with Crippen LogP contribution in [0.2, 0.25) is 0 Å². The minimum atomic E-state index is -4.07. The summed E-state index contributed by atoms with van der Waals surface area (Å²) in [5.74, 6) is -2.21. The normalized spacial score (nSPS) is 11.3. The predicted molar refractivity (Wildman–Crippen MR) is 93.5 cm³/mol. The van der Waals surface area contributed by atoms with Crippen molar-refractivity contribution < 1.29 is 26.4 Å². The standard InChI is InChI=1S/C18H14F2N2O4S/c19-13-8-14(20)10-16(9-13)27(24,25)21-11-12-3-5-15(6-4-12)22-18(23)17-2-1-7-26-17/h1-10,21H,11H2,(H,22,23). The number of hydrogen-bond donors (Lipinski definition) is 2. The molecule has 1 aromatic heterocycles. The lowest BCUT2D eigenvalue weighted by atomic mass is 10.2. The van der Waals surface area contributed by atoms with Crippen molar-refractivity contribution in [1.29, 1.82) is 0 Å². The Morgan fingerprint density at radius 2 is 1.67 bits per heavy atom. The number of amides is 1. The largest absolute Gasteiger partial charge is 0.459 e. The summed E-state index contributed by atoms with van der Waals surface area (Å²) >= 11 is 0. The Labute approximate surface area is 153 Å². The van der Waals surface area contributed by atoms with Crippen LogP contribution in [0.25, 0.3) is 0 Å². The van der Waals surface area contributed by atoms with Crippen LogP contribution in [0.3, 0.4) is 0 Å². The highest BCUT2D eigenvalue weighted by molar-refractivity contribution is 7.89. The van der Waals surface area contributed by atoms with Gasteiger partial charge in [0.05, 0.1) is 11.2 Å². The molecule has 0 radical (unpaired) electrons. The molecule has 1 amide bonds. The van der Waals surface area contributed by atoms with E-state index >= 15 is 0 Å². The van der Waals surface area contributed by atoms with Gasteiger partial charge >= 0.3 is 0 Å². The van der Waals surface area contributed by atoms with Gasteiger partial charge in [-0.1, -0.05) is 12.1 Å². The van der Waals surface area contributed by atoms with Gasteiger partial charge in [0.25, 0.3) is 5.91 Å². The van der Waals surface area contributed by atoms with Crippen molar-refractivity contribution in [2.24, 2.45) is 0 Å². The fraction of sp³-hybridized carbons (Fsp3) is 0.0556. The van der Waals surface area contributed by atoms with Crippen molar-refractivity contribution in [1.82, 2.24) is 4.72 Å². The minimum Gasteiger partial charge on any atom is -0.459 e. The van der Waals surface area contributed by atoms with Gasteiger partial charge in [0.1, 0.15) is 11.6 Å². The molecule has 2 aromatic carbocycles. The lowest BCUT2D eigenvalue weighted by Crippen LogP contribution is -2.23. The molecule has 27 heavy (non-hydrogen) atoms. The quantitative estimate of drug-likeness (QED) is 0.674. The fourth-order valence-electron chi connectivity index (χ4n) is 2.25. The summed E-state index contributed by atoms with van der Waals surface area (Å²) in [5, 5.41) is 2.63. The van der Waals surface area contributed by atoms with Crippen LogP contribution in [-0.2, 0) is 16.6 Å². The first kappa shape index (κ1) is 18.7. The van der Waals surface area contributed by atoms with Crippen LogP contribution in [0.4, 0.5) is 14.5 Å². The molecule has 1 heterocycles. The number of anilines is 1. The maximum absolute atomic E-state index is 13.2. The van der Waals surface area contributed by atoms with Crippen LogP contribution in [0.1, 0.15) is 16.1 Å². The van der Waals surface area contributed by atoms with Gasteiger partial charge in [-0.05, 0) is 42.0 Å². The van der Waals surface area contributed by atoms with E-state index in [9.17, 15) is 22.0 Å². The molecule has 0 aliphatic heterocycles. The average molecular weight is 392 g/mol. The number of hydrogen-bond acceptors (Lipinski definition) is 4. The highest BCUT2D eigenvalue weighted by Gasteiger charge is 2.16. The maximum atomic E-state index is 13.2. The summed E-state index contributed by atoms with van der Waals surface area (Å²) in [6.07, 6.45) is 1.38. The molecule has 0 aliphatic carbocycles. The van der Waals surface area contributed by atoms with Gasteiger partial charge in [-0.25, -0.2) is 21.9 Å². The van der Waals surface area contributed by atoms with Gasteiger partial charge in [-0.2, -0.15) is 0 Å². The minimum absolute atomic E-state index is 0.0904. The maximum Gasteiger partial charge on any atom is 0.291 e. The Bertz CT molecular complexity index is 1030. The second-order valence-electron chi connectivity index (χ2n) is 5.56. The molecule has 9 heteroatoms. The van der Waals surface area contributed by atoms with Crippen LogP contribution in [-0.4, -0.2) is 14.3 Å². The van der Waals surface area contributed by atoms with Crippen molar-refractivity contribution >= 4 is 21.6 Å². The molecule has 3 rings (SSSR count). The van der Waals surface area contributed by atoms with Crippen LogP contribution in [0.15, 0.2) is 70.2 Å². The molecule has 0 unspecified atom stereocenters. The molecule has 2 N–H and O–H groups in total. The smallest absolute Gasteiger partial charge is 0.291 e. The summed E-state index contributed by atoms with van der Waals surface area (Å²) in [5.41, 5.74) is 1.08. The number of rotatable bonds is 6. The van der Waals surface area contributed by atoms with Crippen LogP contribution in [0.5, 0.6) is 0 Å². The summed E-state index contributed by atoms with van der Waals surface area (Å²) in [7, 11) is -4.07. The second kappa shape index (κ2) is 7.68. The molecule has 0 aliphatic rings. The monoisotopic (exact) mass is 392 g/mol. The third-order valence-electron chi connectivity index (χ3n) is 3.57. The highest BCUT2D eigenvalue weighted by atomic mass is 32.2. The number of carbonyl (C=O) groups excluding carboxylic acids is 1. The Morgan fingerprint density at radius 1 is 1.00 bits per heavy atom. The van der Waals surface area contributed by atoms with Gasteiger partial charge < -0.3 is 9.73 Å². The average Bonchev–Trinajstić information content (AvgIpc) is 3.15. The number of benzene rings is 2. The molecular formula is C18H14F2N2O4S. The van der Waals surface area contributed by atoms with Crippen molar-refractivity contribution in [3.8, 4) is 0 Å². The van der Waals surface area contributed by atoms with E-state index in [0.29, 0.717) is 17.3 Å². The molecule has 3 aromatic rings. The molecule has 0 fully saturated rings. The molecule has 0 atom stereocenters. The zero-order valence-electron chi connectivity index (χ0n) is 13.8. The molecule has 140 valence electrons. The number of sulfonamides is 1. The first-order valence-electron chi connectivity index (χ1n) is 7.73. The molecule has 0 spiro atoms. The van der Waals surface area contributed by atoms with E-state index in [1.54, 1.807) is 30.3 Å². The van der Waals surface area contributed by atoms with Crippen LogP contribution >= 0.6 is 0 Å². The predicted octanol–water partition coefficient (Wildman–Crippen LogP) is 3.29. The molecule has 0 bridgehead atoms. The van der Waals surface area contributed by atoms with Gasteiger partial charge in [0.15, 0.2) is 5.76 Å². The van der Waals surface area contributed by atoms with Crippen molar-refractivity contribution in [2.75, 3.05) is 5.32 Å². The van der Waals surface area contributed by atoms with Gasteiger partial charge in [0, 0.05) is 18.3 Å². The molecule has 0 saturated carbocycles. The lowest BCUT2D eigenvalue weighted by Gasteiger charge is -2.08. The summed E-state index contributed by atoms with van der Waals surface area (Å²) in [6, 6.07) is 11.6. The second-order valence-corrected chi connectivity index (χ2v) is 7.33. The SMILES string of the molecule is O=C(Nc1ccc(CNS(=O)(=O)c2cc(F)cc(F)c2)cc1)c1ccco1. The Balaban J connectivity index is 1.63. The topological polar surface area (TPSA) is 88.4 Å². The highest BCUT2D eigenvalue weighted by Crippen LogP contribution is 2.15. The van der Waals surface area contributed by atoms with Crippen LogP contribution < -0.4 is 10.0 Å². The van der Waals surface area contributed by atoms with E-state index in [2.05, 4.69) is 10.0 Å². The van der Waals surface area contributed by atoms with E-state index in [-0.39, 0.29) is 12.3 Å². The van der Waals surface area contributed by atoms with E-state index in [4.69, 9.17) is 4.42 Å². The Hall–Kier alpha value is -3.04. The van der Waals surface area contributed by atoms with Gasteiger partial charge in [-0.15, -0.1) is 0 Å². The summed E-state index contributed by atoms with van der Waals surface area (Å²) in [6.45, 7) is -0.0904. The first-order valence-corrected chi connectivity index (χ1v) is 9.21. The van der Waals surface area contributed by atoms with E-state index in [1.807, 2.05) is 0 Å². The third kappa shape index (κ3) is 4.78. The number of carbonyl (C=O) groups is 1. The Morgan fingerprint density at radius 3 is 2.26 bits per heavy atom. The molecule has 0 saturated heterocycles. The van der Waals surface area contributed by atoms with Crippen LogP contribution in [0, 0.1) is 11.6 Å². The zero-order valence-corrected chi connectivity index (χ0v) is 14.6. The van der Waals surface area contributed by atoms with Crippen molar-refractivity contribution in [3.05, 3.63) is 83.8 Å².